The number of methoxy groups -OCH3 is 1. The number of hydrogen-bond donors (Lipinski definition) is 2. The summed E-state index contributed by atoms with van der Waals surface area (Å²) in [6, 6.07) is 26.3. The first-order valence-electron chi connectivity index (χ1n) is 11.9. The number of halogens is 1. The Morgan fingerprint density at radius 1 is 0.800 bits per heavy atom. The average molecular weight is 576 g/mol. The Bertz CT molecular complexity index is 1710. The van der Waals surface area contributed by atoms with Crippen LogP contribution in [0.4, 0.5) is 21.5 Å². The molecular weight excluding hydrogens is 553 g/mol. The van der Waals surface area contributed by atoms with Crippen LogP contribution in [0.1, 0.15) is 0 Å². The summed E-state index contributed by atoms with van der Waals surface area (Å²) in [5.41, 5.74) is 1.31. The molecule has 0 saturated heterocycles. The van der Waals surface area contributed by atoms with E-state index in [2.05, 4.69) is 10.0 Å². The predicted octanol–water partition coefficient (Wildman–Crippen LogP) is 5.62. The van der Waals surface area contributed by atoms with E-state index in [1.807, 2.05) is 0 Å². The van der Waals surface area contributed by atoms with Gasteiger partial charge in [-0.25, -0.2) is 17.7 Å². The van der Waals surface area contributed by atoms with Gasteiger partial charge in [0.1, 0.15) is 22.2 Å². The summed E-state index contributed by atoms with van der Waals surface area (Å²) in [6.07, 6.45) is 0. The molecule has 0 atom stereocenters. The zero-order valence-corrected chi connectivity index (χ0v) is 22.6. The summed E-state index contributed by atoms with van der Waals surface area (Å²) in [6.45, 7) is 0. The van der Waals surface area contributed by atoms with Gasteiger partial charge in [-0.3, -0.25) is 14.3 Å². The predicted molar refractivity (Wildman–Crippen MR) is 152 cm³/mol. The summed E-state index contributed by atoms with van der Waals surface area (Å²) in [5, 5.41) is 3.07. The number of sulfonamides is 1. The molecule has 4 aromatic rings. The molecule has 40 heavy (non-hydrogen) atoms. The number of nitrogens with zero attached hydrogens (tertiary/aromatic N) is 1. The third kappa shape index (κ3) is 5.70. The lowest BCUT2D eigenvalue weighted by Crippen LogP contribution is -2.32. The van der Waals surface area contributed by atoms with E-state index < -0.39 is 27.7 Å². The highest BCUT2D eigenvalue weighted by Crippen LogP contribution is 2.38. The second-order valence-corrected chi connectivity index (χ2v) is 11.3. The van der Waals surface area contributed by atoms with Crippen LogP contribution in [0, 0.1) is 5.82 Å². The Labute approximate surface area is 234 Å². The molecule has 202 valence electrons. The van der Waals surface area contributed by atoms with E-state index in [4.69, 9.17) is 4.74 Å². The fourth-order valence-corrected chi connectivity index (χ4v) is 5.95. The molecule has 0 aromatic heterocycles. The van der Waals surface area contributed by atoms with Crippen molar-refractivity contribution < 1.29 is 27.1 Å². The van der Waals surface area contributed by atoms with E-state index in [1.54, 1.807) is 86.0 Å². The van der Waals surface area contributed by atoms with Crippen molar-refractivity contribution in [2.24, 2.45) is 0 Å². The Kier molecular flexibility index (Phi) is 7.58. The standard InChI is InChI=1S/C29H22FN3O5S2/c1-38-23-14-12-20(13-15-23)31-26-27(29(35)33(28(26)34)22-7-3-2-4-8-22)39-24-9-5-6-21(18-24)32-40(36,37)25-16-10-19(30)11-17-25/h2-18,31-32H,1H3. The van der Waals surface area contributed by atoms with Crippen molar-refractivity contribution in [1.82, 2.24) is 0 Å². The van der Waals surface area contributed by atoms with Crippen LogP contribution in [-0.2, 0) is 19.6 Å². The number of amides is 2. The molecule has 8 nitrogen and oxygen atoms in total. The minimum absolute atomic E-state index is 0.0846. The minimum atomic E-state index is -3.99. The van der Waals surface area contributed by atoms with Crippen LogP contribution in [0.15, 0.2) is 124 Å². The maximum atomic E-state index is 13.6. The number of imide groups is 1. The topological polar surface area (TPSA) is 105 Å². The van der Waals surface area contributed by atoms with Crippen molar-refractivity contribution >= 4 is 50.7 Å². The van der Waals surface area contributed by atoms with E-state index in [9.17, 15) is 22.4 Å². The van der Waals surface area contributed by atoms with E-state index in [-0.39, 0.29) is 21.2 Å². The number of nitrogens with one attached hydrogen (secondary N) is 2. The molecule has 0 bridgehead atoms. The number of anilines is 3. The van der Waals surface area contributed by atoms with Crippen LogP contribution in [0.2, 0.25) is 0 Å². The third-order valence-corrected chi connectivity index (χ3v) is 8.31. The first kappa shape index (κ1) is 27.0. The first-order chi connectivity index (χ1) is 19.2. The van der Waals surface area contributed by atoms with Gasteiger partial charge in [0, 0.05) is 16.3 Å². The maximum absolute atomic E-state index is 13.6. The Balaban J connectivity index is 1.46. The monoisotopic (exact) mass is 575 g/mol. The molecule has 1 aliphatic rings. The van der Waals surface area contributed by atoms with Gasteiger partial charge >= 0.3 is 0 Å². The van der Waals surface area contributed by atoms with Crippen LogP contribution < -0.4 is 19.7 Å². The van der Waals surface area contributed by atoms with E-state index in [0.717, 1.165) is 28.8 Å². The van der Waals surface area contributed by atoms with Gasteiger partial charge in [0.05, 0.1) is 17.7 Å². The lowest BCUT2D eigenvalue weighted by atomic mass is 10.2. The second kappa shape index (κ2) is 11.2. The van der Waals surface area contributed by atoms with Gasteiger partial charge in [-0.15, -0.1) is 0 Å². The van der Waals surface area contributed by atoms with Crippen molar-refractivity contribution in [1.29, 1.82) is 0 Å². The molecule has 0 spiro atoms. The van der Waals surface area contributed by atoms with Crippen molar-refractivity contribution in [3.8, 4) is 5.75 Å². The normalized spacial score (nSPS) is 13.5. The first-order valence-corrected chi connectivity index (χ1v) is 14.2. The van der Waals surface area contributed by atoms with Crippen molar-refractivity contribution in [2.45, 2.75) is 9.79 Å². The summed E-state index contributed by atoms with van der Waals surface area (Å²) in [5.74, 6) is -0.962. The van der Waals surface area contributed by atoms with Crippen LogP contribution >= 0.6 is 11.8 Å². The van der Waals surface area contributed by atoms with Gasteiger partial charge in [-0.1, -0.05) is 36.0 Å². The van der Waals surface area contributed by atoms with Crippen molar-refractivity contribution in [3.63, 3.8) is 0 Å². The van der Waals surface area contributed by atoms with E-state index >= 15 is 0 Å². The van der Waals surface area contributed by atoms with Crippen LogP contribution in [-0.4, -0.2) is 27.3 Å². The highest BCUT2D eigenvalue weighted by molar-refractivity contribution is 8.04. The Morgan fingerprint density at radius 3 is 2.17 bits per heavy atom. The van der Waals surface area contributed by atoms with Gasteiger partial charge in [0.2, 0.25) is 0 Å². The molecule has 5 rings (SSSR count). The number of carbonyl (C=O) groups is 2. The highest BCUT2D eigenvalue weighted by Gasteiger charge is 2.40. The smallest absolute Gasteiger partial charge is 0.283 e. The van der Waals surface area contributed by atoms with Gasteiger partial charge in [-0.2, -0.15) is 0 Å². The lowest BCUT2D eigenvalue weighted by Gasteiger charge is -2.15. The second-order valence-electron chi connectivity index (χ2n) is 8.53. The summed E-state index contributed by atoms with van der Waals surface area (Å²) in [7, 11) is -2.44. The average Bonchev–Trinajstić information content (AvgIpc) is 3.18. The van der Waals surface area contributed by atoms with Gasteiger partial charge < -0.3 is 10.1 Å². The fourth-order valence-electron chi connectivity index (χ4n) is 3.91. The molecule has 1 heterocycles. The number of carbonyl (C=O) groups excluding carboxylic acids is 2. The molecule has 2 N–H and O–H groups in total. The summed E-state index contributed by atoms with van der Waals surface area (Å²) < 4.78 is 46.5. The van der Waals surface area contributed by atoms with E-state index in [0.29, 0.717) is 22.0 Å². The largest absolute Gasteiger partial charge is 0.497 e. The quantitative estimate of drug-likeness (QED) is 0.250. The molecule has 4 aromatic carbocycles. The van der Waals surface area contributed by atoms with Gasteiger partial charge in [-0.05, 0) is 78.9 Å². The maximum Gasteiger partial charge on any atom is 0.283 e. The van der Waals surface area contributed by atoms with Gasteiger partial charge in [0.25, 0.3) is 21.8 Å². The molecule has 0 aliphatic carbocycles. The SMILES string of the molecule is COc1ccc(NC2=C(Sc3cccc(NS(=O)(=O)c4ccc(F)cc4)c3)C(=O)N(c3ccccc3)C2=O)cc1. The zero-order valence-electron chi connectivity index (χ0n) is 21.0. The van der Waals surface area contributed by atoms with Crippen LogP contribution in [0.3, 0.4) is 0 Å². The number of ether oxygens (including phenoxy) is 1. The molecular formula is C29H22FN3O5S2. The van der Waals surface area contributed by atoms with Crippen molar-refractivity contribution in [2.75, 3.05) is 22.0 Å². The van der Waals surface area contributed by atoms with E-state index in [1.165, 1.54) is 12.1 Å². The summed E-state index contributed by atoms with van der Waals surface area (Å²) >= 11 is 1.03. The Hall–Kier alpha value is -4.61. The van der Waals surface area contributed by atoms with Crippen LogP contribution in [0.25, 0.3) is 0 Å². The Morgan fingerprint density at radius 2 is 1.50 bits per heavy atom. The molecule has 0 unspecified atom stereocenters. The number of thioether (sulfide) groups is 1. The van der Waals surface area contributed by atoms with Gasteiger partial charge in [0.15, 0.2) is 0 Å². The molecule has 1 aliphatic heterocycles. The summed E-state index contributed by atoms with van der Waals surface area (Å²) in [4.78, 5) is 28.7. The number of para-hydroxylation sites is 1. The highest BCUT2D eigenvalue weighted by atomic mass is 32.2. The number of benzene rings is 4. The number of rotatable bonds is 9. The van der Waals surface area contributed by atoms with Crippen LogP contribution in [0.5, 0.6) is 5.75 Å². The molecule has 0 radical (unpaired) electrons. The number of hydrogen-bond acceptors (Lipinski definition) is 7. The van der Waals surface area contributed by atoms with Crippen molar-refractivity contribution in [3.05, 3.63) is 120 Å². The minimum Gasteiger partial charge on any atom is -0.497 e. The lowest BCUT2D eigenvalue weighted by molar-refractivity contribution is -0.120. The molecule has 0 saturated carbocycles. The molecule has 2 amide bonds. The fraction of sp³-hybridized carbons (Fsp3) is 0.0345. The third-order valence-electron chi connectivity index (χ3n) is 5.85. The molecule has 0 fully saturated rings. The molecule has 11 heteroatoms. The zero-order chi connectivity index (χ0) is 28.3.